The summed E-state index contributed by atoms with van der Waals surface area (Å²) < 4.78 is 0. The van der Waals surface area contributed by atoms with Crippen LogP contribution in [0.15, 0.2) is 36.7 Å². The van der Waals surface area contributed by atoms with E-state index < -0.39 is 0 Å². The summed E-state index contributed by atoms with van der Waals surface area (Å²) in [5.41, 5.74) is 1.32. The maximum Gasteiger partial charge on any atom is 0.0813 e. The molecule has 1 aliphatic rings. The lowest BCUT2D eigenvalue weighted by atomic mass is 10.1. The average Bonchev–Trinajstić information content (AvgIpc) is 2.87. The maximum absolute atomic E-state index is 4.35. The second-order valence-electron chi connectivity index (χ2n) is 4.44. The van der Waals surface area contributed by atoms with Crippen LogP contribution < -0.4 is 5.32 Å². The molecule has 17 heavy (non-hydrogen) atoms. The standard InChI is InChI=1S/C14H16N2S/c1-2-11-9-17-14(16-11)13-8-15-7-10-5-3-4-6-12(10)13/h3-8,11,14,16H,2,9H2,1H3. The largest absolute Gasteiger partial charge is 0.298 e. The lowest BCUT2D eigenvalue weighted by Gasteiger charge is -2.14. The second kappa shape index (κ2) is 4.67. The molecule has 1 aromatic carbocycles. The summed E-state index contributed by atoms with van der Waals surface area (Å²) in [6, 6.07) is 9.13. The summed E-state index contributed by atoms with van der Waals surface area (Å²) in [6.07, 6.45) is 5.14. The van der Waals surface area contributed by atoms with Gasteiger partial charge in [0.25, 0.3) is 0 Å². The molecular weight excluding hydrogens is 228 g/mol. The minimum absolute atomic E-state index is 0.401. The first kappa shape index (κ1) is 11.1. The average molecular weight is 244 g/mol. The highest BCUT2D eigenvalue weighted by Crippen LogP contribution is 2.36. The molecule has 0 bridgehead atoms. The quantitative estimate of drug-likeness (QED) is 0.877. The summed E-state index contributed by atoms with van der Waals surface area (Å²) in [5, 5.41) is 6.63. The Morgan fingerprint density at radius 1 is 1.35 bits per heavy atom. The highest BCUT2D eigenvalue weighted by molar-refractivity contribution is 7.99. The molecule has 1 fully saturated rings. The lowest BCUT2D eigenvalue weighted by Crippen LogP contribution is -2.24. The fourth-order valence-corrected chi connectivity index (χ4v) is 3.70. The van der Waals surface area contributed by atoms with E-state index in [0.717, 1.165) is 0 Å². The molecule has 1 aromatic heterocycles. The number of aromatic nitrogens is 1. The van der Waals surface area contributed by atoms with Crippen molar-refractivity contribution >= 4 is 22.5 Å². The van der Waals surface area contributed by atoms with E-state index >= 15 is 0 Å². The Morgan fingerprint density at radius 3 is 3.06 bits per heavy atom. The molecule has 0 aliphatic carbocycles. The minimum atomic E-state index is 0.401. The summed E-state index contributed by atoms with van der Waals surface area (Å²) >= 11 is 1.99. The summed E-state index contributed by atoms with van der Waals surface area (Å²) in [7, 11) is 0. The number of rotatable bonds is 2. The Bertz CT molecular complexity index is 521. The van der Waals surface area contributed by atoms with Crippen LogP contribution in [-0.2, 0) is 0 Å². The van der Waals surface area contributed by atoms with Gasteiger partial charge in [0.15, 0.2) is 0 Å². The Morgan fingerprint density at radius 2 is 2.24 bits per heavy atom. The Hall–Kier alpha value is -1.06. The van der Waals surface area contributed by atoms with Crippen LogP contribution in [0.2, 0.25) is 0 Å². The topological polar surface area (TPSA) is 24.9 Å². The van der Waals surface area contributed by atoms with Gasteiger partial charge in [0.1, 0.15) is 0 Å². The van der Waals surface area contributed by atoms with E-state index in [4.69, 9.17) is 0 Å². The molecular formula is C14H16N2S. The number of fused-ring (bicyclic) bond motifs is 1. The van der Waals surface area contributed by atoms with Crippen molar-refractivity contribution in [2.24, 2.45) is 0 Å². The molecule has 88 valence electrons. The van der Waals surface area contributed by atoms with Gasteiger partial charge in [-0.3, -0.25) is 10.3 Å². The van der Waals surface area contributed by atoms with E-state index in [1.165, 1.54) is 28.5 Å². The fourth-order valence-electron chi connectivity index (χ4n) is 2.29. The van der Waals surface area contributed by atoms with E-state index in [9.17, 15) is 0 Å². The van der Waals surface area contributed by atoms with E-state index in [2.05, 4.69) is 41.5 Å². The van der Waals surface area contributed by atoms with E-state index in [1.807, 2.05) is 24.2 Å². The van der Waals surface area contributed by atoms with Crippen molar-refractivity contribution in [1.29, 1.82) is 0 Å². The number of nitrogens with zero attached hydrogens (tertiary/aromatic N) is 1. The zero-order valence-corrected chi connectivity index (χ0v) is 10.7. The van der Waals surface area contributed by atoms with E-state index in [-0.39, 0.29) is 0 Å². The molecule has 2 nitrogen and oxygen atoms in total. The molecule has 2 atom stereocenters. The van der Waals surface area contributed by atoms with Crippen molar-refractivity contribution in [1.82, 2.24) is 10.3 Å². The van der Waals surface area contributed by atoms with Crippen molar-refractivity contribution < 1.29 is 0 Å². The van der Waals surface area contributed by atoms with Gasteiger partial charge >= 0.3 is 0 Å². The molecule has 1 N–H and O–H groups in total. The highest BCUT2D eigenvalue weighted by Gasteiger charge is 2.25. The SMILES string of the molecule is CCC1CSC(c2cncc3ccccc23)N1. The van der Waals surface area contributed by atoms with Crippen molar-refractivity contribution in [3.05, 3.63) is 42.2 Å². The molecule has 1 saturated heterocycles. The van der Waals surface area contributed by atoms with Crippen LogP contribution in [0.4, 0.5) is 0 Å². The van der Waals surface area contributed by atoms with Gasteiger partial charge in [-0.05, 0) is 11.8 Å². The van der Waals surface area contributed by atoms with Crippen LogP contribution >= 0.6 is 11.8 Å². The normalized spacial score (nSPS) is 24.3. The van der Waals surface area contributed by atoms with Gasteiger partial charge in [-0.15, -0.1) is 11.8 Å². The smallest absolute Gasteiger partial charge is 0.0813 e. The third-order valence-electron chi connectivity index (χ3n) is 3.33. The van der Waals surface area contributed by atoms with E-state index in [1.54, 1.807) is 0 Å². The van der Waals surface area contributed by atoms with Gasteiger partial charge in [0, 0.05) is 35.1 Å². The summed E-state index contributed by atoms with van der Waals surface area (Å²) in [5.74, 6) is 1.20. The van der Waals surface area contributed by atoms with Crippen molar-refractivity contribution in [2.75, 3.05) is 5.75 Å². The summed E-state index contributed by atoms with van der Waals surface area (Å²) in [6.45, 7) is 2.24. The number of thioether (sulfide) groups is 1. The molecule has 0 radical (unpaired) electrons. The number of pyridine rings is 1. The highest BCUT2D eigenvalue weighted by atomic mass is 32.2. The van der Waals surface area contributed by atoms with Gasteiger partial charge < -0.3 is 0 Å². The van der Waals surface area contributed by atoms with Crippen molar-refractivity contribution in [3.8, 4) is 0 Å². The first-order valence-electron chi connectivity index (χ1n) is 6.09. The first-order valence-corrected chi connectivity index (χ1v) is 7.13. The lowest BCUT2D eigenvalue weighted by molar-refractivity contribution is 0.562. The molecule has 2 unspecified atom stereocenters. The van der Waals surface area contributed by atoms with Crippen LogP contribution in [-0.4, -0.2) is 16.8 Å². The monoisotopic (exact) mass is 244 g/mol. The van der Waals surface area contributed by atoms with Crippen LogP contribution in [0.1, 0.15) is 24.3 Å². The molecule has 3 rings (SSSR count). The second-order valence-corrected chi connectivity index (χ2v) is 5.57. The number of hydrogen-bond donors (Lipinski definition) is 1. The van der Waals surface area contributed by atoms with Gasteiger partial charge in [0.2, 0.25) is 0 Å². The molecule has 1 aliphatic heterocycles. The minimum Gasteiger partial charge on any atom is -0.298 e. The van der Waals surface area contributed by atoms with Crippen LogP contribution in [0.5, 0.6) is 0 Å². The maximum atomic E-state index is 4.35. The van der Waals surface area contributed by atoms with Crippen molar-refractivity contribution in [2.45, 2.75) is 24.8 Å². The predicted octanol–water partition coefficient (Wildman–Crippen LogP) is 3.35. The van der Waals surface area contributed by atoms with E-state index in [0.29, 0.717) is 11.4 Å². The molecule has 2 aromatic rings. The Labute approximate surface area is 106 Å². The zero-order chi connectivity index (χ0) is 11.7. The van der Waals surface area contributed by atoms with Crippen LogP contribution in [0.25, 0.3) is 10.8 Å². The number of hydrogen-bond acceptors (Lipinski definition) is 3. The van der Waals surface area contributed by atoms with Crippen LogP contribution in [0.3, 0.4) is 0 Å². The Kier molecular flexibility index (Phi) is 3.04. The third-order valence-corrected chi connectivity index (χ3v) is 4.64. The predicted molar refractivity (Wildman–Crippen MR) is 74.2 cm³/mol. The van der Waals surface area contributed by atoms with Crippen LogP contribution in [0, 0.1) is 0 Å². The molecule has 2 heterocycles. The van der Waals surface area contributed by atoms with Crippen molar-refractivity contribution in [3.63, 3.8) is 0 Å². The van der Waals surface area contributed by atoms with Gasteiger partial charge in [-0.2, -0.15) is 0 Å². The fraction of sp³-hybridized carbons (Fsp3) is 0.357. The van der Waals surface area contributed by atoms with Gasteiger partial charge in [-0.25, -0.2) is 0 Å². The number of benzene rings is 1. The molecule has 0 saturated carbocycles. The first-order chi connectivity index (χ1) is 8.38. The zero-order valence-electron chi connectivity index (χ0n) is 9.89. The molecule has 0 amide bonds. The molecule has 0 spiro atoms. The number of nitrogens with one attached hydrogen (secondary N) is 1. The third kappa shape index (κ3) is 2.05. The molecule has 3 heteroatoms. The Balaban J connectivity index is 2.00. The summed E-state index contributed by atoms with van der Waals surface area (Å²) in [4.78, 5) is 4.35. The van der Waals surface area contributed by atoms with Gasteiger partial charge in [0.05, 0.1) is 5.37 Å². The van der Waals surface area contributed by atoms with Gasteiger partial charge in [-0.1, -0.05) is 31.2 Å².